The van der Waals surface area contributed by atoms with Gasteiger partial charge in [-0.2, -0.15) is 0 Å². The SMILES string of the molecule is CC(=O)N1CCc2ccccc2C1CC(=O)NCc1ccccc1. The van der Waals surface area contributed by atoms with Gasteiger partial charge in [-0.3, -0.25) is 9.59 Å². The minimum absolute atomic E-state index is 0.0189. The van der Waals surface area contributed by atoms with Gasteiger partial charge < -0.3 is 10.2 Å². The summed E-state index contributed by atoms with van der Waals surface area (Å²) >= 11 is 0. The molecule has 0 aromatic heterocycles. The van der Waals surface area contributed by atoms with Crippen LogP contribution in [0.3, 0.4) is 0 Å². The lowest BCUT2D eigenvalue weighted by Gasteiger charge is -2.36. The molecule has 4 nitrogen and oxygen atoms in total. The van der Waals surface area contributed by atoms with Crippen LogP contribution in [0.1, 0.15) is 36.1 Å². The van der Waals surface area contributed by atoms with Crippen molar-refractivity contribution >= 4 is 11.8 Å². The molecule has 1 aliphatic rings. The Labute approximate surface area is 142 Å². The lowest BCUT2D eigenvalue weighted by molar-refractivity contribution is -0.133. The summed E-state index contributed by atoms with van der Waals surface area (Å²) < 4.78 is 0. The Morgan fingerprint density at radius 3 is 2.54 bits per heavy atom. The van der Waals surface area contributed by atoms with Gasteiger partial charge >= 0.3 is 0 Å². The fourth-order valence-corrected chi connectivity index (χ4v) is 3.29. The lowest BCUT2D eigenvalue weighted by Crippen LogP contribution is -2.41. The Morgan fingerprint density at radius 2 is 1.79 bits per heavy atom. The van der Waals surface area contributed by atoms with Crippen molar-refractivity contribution in [1.29, 1.82) is 0 Å². The van der Waals surface area contributed by atoms with E-state index in [1.807, 2.05) is 53.4 Å². The maximum Gasteiger partial charge on any atom is 0.222 e. The molecule has 1 aliphatic heterocycles. The fraction of sp³-hybridized carbons (Fsp3) is 0.300. The van der Waals surface area contributed by atoms with Crippen molar-refractivity contribution in [2.24, 2.45) is 0 Å². The van der Waals surface area contributed by atoms with E-state index in [1.54, 1.807) is 6.92 Å². The van der Waals surface area contributed by atoms with Crippen LogP contribution in [0.5, 0.6) is 0 Å². The molecule has 0 bridgehead atoms. The van der Waals surface area contributed by atoms with Crippen molar-refractivity contribution in [3.63, 3.8) is 0 Å². The molecular formula is C20H22N2O2. The standard InChI is InChI=1S/C20H22N2O2/c1-15(23)22-12-11-17-9-5-6-10-18(17)19(22)13-20(24)21-14-16-7-3-2-4-8-16/h2-10,19H,11-14H2,1H3,(H,21,24). The average molecular weight is 322 g/mol. The van der Waals surface area contributed by atoms with Crippen LogP contribution in [0, 0.1) is 0 Å². The predicted molar refractivity (Wildman–Crippen MR) is 93.2 cm³/mol. The highest BCUT2D eigenvalue weighted by molar-refractivity contribution is 5.79. The molecular weight excluding hydrogens is 300 g/mol. The molecule has 3 rings (SSSR count). The Morgan fingerprint density at radius 1 is 1.08 bits per heavy atom. The molecule has 0 radical (unpaired) electrons. The van der Waals surface area contributed by atoms with Crippen molar-refractivity contribution in [3.8, 4) is 0 Å². The second kappa shape index (κ2) is 7.30. The Bertz CT molecular complexity index is 727. The molecule has 0 saturated heterocycles. The molecule has 0 saturated carbocycles. The molecule has 1 N–H and O–H groups in total. The van der Waals surface area contributed by atoms with Crippen molar-refractivity contribution in [2.45, 2.75) is 32.4 Å². The number of carbonyl (C=O) groups is 2. The summed E-state index contributed by atoms with van der Waals surface area (Å²) in [5, 5.41) is 2.96. The summed E-state index contributed by atoms with van der Waals surface area (Å²) in [6.07, 6.45) is 1.14. The molecule has 2 amide bonds. The zero-order valence-corrected chi connectivity index (χ0v) is 13.9. The highest BCUT2D eigenvalue weighted by Crippen LogP contribution is 2.32. The molecule has 0 spiro atoms. The summed E-state index contributed by atoms with van der Waals surface area (Å²) in [6, 6.07) is 17.7. The molecule has 1 unspecified atom stereocenters. The topological polar surface area (TPSA) is 49.4 Å². The minimum Gasteiger partial charge on any atom is -0.352 e. The molecule has 24 heavy (non-hydrogen) atoms. The monoisotopic (exact) mass is 322 g/mol. The van der Waals surface area contributed by atoms with Crippen LogP contribution in [0.25, 0.3) is 0 Å². The smallest absolute Gasteiger partial charge is 0.222 e. The summed E-state index contributed by atoms with van der Waals surface area (Å²) in [6.45, 7) is 2.75. The highest BCUT2D eigenvalue weighted by Gasteiger charge is 2.30. The number of carbonyl (C=O) groups excluding carboxylic acids is 2. The average Bonchev–Trinajstić information content (AvgIpc) is 2.61. The van der Waals surface area contributed by atoms with Gasteiger partial charge in [0.05, 0.1) is 12.5 Å². The second-order valence-corrected chi connectivity index (χ2v) is 6.14. The van der Waals surface area contributed by atoms with Gasteiger partial charge in [0, 0.05) is 20.0 Å². The van der Waals surface area contributed by atoms with E-state index in [-0.39, 0.29) is 17.9 Å². The van der Waals surface area contributed by atoms with E-state index in [0.717, 1.165) is 17.5 Å². The largest absolute Gasteiger partial charge is 0.352 e. The third kappa shape index (κ3) is 3.65. The third-order valence-corrected chi connectivity index (χ3v) is 4.53. The van der Waals surface area contributed by atoms with Gasteiger partial charge in [0.2, 0.25) is 11.8 Å². The maximum atomic E-state index is 12.4. The van der Waals surface area contributed by atoms with Crippen LogP contribution in [0.15, 0.2) is 54.6 Å². The zero-order chi connectivity index (χ0) is 16.9. The number of hydrogen-bond acceptors (Lipinski definition) is 2. The van der Waals surface area contributed by atoms with E-state index in [4.69, 9.17) is 0 Å². The second-order valence-electron chi connectivity index (χ2n) is 6.14. The number of nitrogens with zero attached hydrogens (tertiary/aromatic N) is 1. The Hall–Kier alpha value is -2.62. The quantitative estimate of drug-likeness (QED) is 0.941. The molecule has 2 aromatic carbocycles. The zero-order valence-electron chi connectivity index (χ0n) is 13.9. The van der Waals surface area contributed by atoms with Crippen LogP contribution < -0.4 is 5.32 Å². The van der Waals surface area contributed by atoms with Gasteiger partial charge in [-0.15, -0.1) is 0 Å². The molecule has 0 aliphatic carbocycles. The van der Waals surface area contributed by atoms with E-state index in [0.29, 0.717) is 19.5 Å². The number of nitrogens with one attached hydrogen (secondary N) is 1. The van der Waals surface area contributed by atoms with Crippen molar-refractivity contribution in [1.82, 2.24) is 10.2 Å². The third-order valence-electron chi connectivity index (χ3n) is 4.53. The van der Waals surface area contributed by atoms with Crippen LogP contribution in [0.2, 0.25) is 0 Å². The Kier molecular flexibility index (Phi) is 4.94. The molecule has 1 atom stereocenters. The van der Waals surface area contributed by atoms with Gasteiger partial charge in [0.25, 0.3) is 0 Å². The van der Waals surface area contributed by atoms with Crippen molar-refractivity contribution < 1.29 is 9.59 Å². The van der Waals surface area contributed by atoms with E-state index in [1.165, 1.54) is 5.56 Å². The van der Waals surface area contributed by atoms with E-state index < -0.39 is 0 Å². The number of fused-ring (bicyclic) bond motifs is 1. The number of hydrogen-bond donors (Lipinski definition) is 1. The van der Waals surface area contributed by atoms with Gasteiger partial charge in [-0.25, -0.2) is 0 Å². The minimum atomic E-state index is -0.178. The first-order valence-electron chi connectivity index (χ1n) is 8.31. The first-order valence-corrected chi connectivity index (χ1v) is 8.31. The van der Waals surface area contributed by atoms with Gasteiger partial charge in [-0.1, -0.05) is 54.6 Å². The predicted octanol–water partition coefficient (Wildman–Crippen LogP) is 2.84. The first-order chi connectivity index (χ1) is 11.6. The normalized spacial score (nSPS) is 16.4. The fourth-order valence-electron chi connectivity index (χ4n) is 3.29. The first kappa shape index (κ1) is 16.2. The Balaban J connectivity index is 1.71. The summed E-state index contributed by atoms with van der Waals surface area (Å²) in [5.74, 6) is -0.0165. The number of benzene rings is 2. The van der Waals surface area contributed by atoms with Crippen LogP contribution in [-0.4, -0.2) is 23.3 Å². The van der Waals surface area contributed by atoms with Crippen LogP contribution in [-0.2, 0) is 22.6 Å². The molecule has 2 aromatic rings. The van der Waals surface area contributed by atoms with Gasteiger partial charge in [0.1, 0.15) is 0 Å². The van der Waals surface area contributed by atoms with Gasteiger partial charge in [0.15, 0.2) is 0 Å². The molecule has 4 heteroatoms. The maximum absolute atomic E-state index is 12.4. The van der Waals surface area contributed by atoms with Crippen molar-refractivity contribution in [3.05, 3.63) is 71.3 Å². The molecule has 0 fully saturated rings. The van der Waals surface area contributed by atoms with Crippen LogP contribution >= 0.6 is 0 Å². The molecule has 1 heterocycles. The lowest BCUT2D eigenvalue weighted by atomic mass is 9.90. The van der Waals surface area contributed by atoms with Crippen molar-refractivity contribution in [2.75, 3.05) is 6.54 Å². The number of amides is 2. The van der Waals surface area contributed by atoms with E-state index in [2.05, 4.69) is 11.4 Å². The molecule has 124 valence electrons. The van der Waals surface area contributed by atoms with E-state index >= 15 is 0 Å². The van der Waals surface area contributed by atoms with Crippen LogP contribution in [0.4, 0.5) is 0 Å². The number of rotatable bonds is 4. The highest BCUT2D eigenvalue weighted by atomic mass is 16.2. The van der Waals surface area contributed by atoms with E-state index in [9.17, 15) is 9.59 Å². The summed E-state index contributed by atoms with van der Waals surface area (Å²) in [4.78, 5) is 26.2. The summed E-state index contributed by atoms with van der Waals surface area (Å²) in [5.41, 5.74) is 3.39. The summed E-state index contributed by atoms with van der Waals surface area (Å²) in [7, 11) is 0. The van der Waals surface area contributed by atoms with Gasteiger partial charge in [-0.05, 0) is 23.1 Å².